The number of nitrogens with two attached hydrogens (primary N) is 1. The highest BCUT2D eigenvalue weighted by Gasteiger charge is 2.52. The SMILES string of the molecule is C[C@]1(C2OCCCO2)Oc2ccc([N+](=O)[O-])cc2[C@@H](N)[C@@H]1O. The lowest BCUT2D eigenvalue weighted by atomic mass is 9.85. The molecule has 0 radical (unpaired) electrons. The average Bonchev–Trinajstić information content (AvgIpc) is 2.53. The van der Waals surface area contributed by atoms with Gasteiger partial charge < -0.3 is 25.1 Å². The highest BCUT2D eigenvalue weighted by Crippen LogP contribution is 2.42. The Balaban J connectivity index is 1.96. The number of nitrogens with zero attached hydrogens (tertiary/aromatic N) is 1. The van der Waals surface area contributed by atoms with Crippen molar-refractivity contribution in [3.05, 3.63) is 33.9 Å². The molecule has 2 heterocycles. The maximum absolute atomic E-state index is 10.9. The molecule has 2 aliphatic heterocycles. The van der Waals surface area contributed by atoms with Gasteiger partial charge in [0.25, 0.3) is 5.69 Å². The summed E-state index contributed by atoms with van der Waals surface area (Å²) in [5.41, 5.74) is 5.20. The van der Waals surface area contributed by atoms with E-state index in [9.17, 15) is 15.2 Å². The Morgan fingerprint density at radius 3 is 2.73 bits per heavy atom. The zero-order valence-electron chi connectivity index (χ0n) is 12.1. The number of nitro benzene ring substituents is 1. The van der Waals surface area contributed by atoms with Gasteiger partial charge in [0.2, 0.25) is 0 Å². The van der Waals surface area contributed by atoms with Crippen LogP contribution in [0.3, 0.4) is 0 Å². The Labute approximate surface area is 126 Å². The van der Waals surface area contributed by atoms with Gasteiger partial charge in [0.15, 0.2) is 11.9 Å². The van der Waals surface area contributed by atoms with Crippen LogP contribution in [-0.2, 0) is 9.47 Å². The van der Waals surface area contributed by atoms with E-state index in [-0.39, 0.29) is 5.69 Å². The van der Waals surface area contributed by atoms with Crippen LogP contribution in [-0.4, -0.2) is 41.2 Å². The van der Waals surface area contributed by atoms with Crippen molar-refractivity contribution in [1.82, 2.24) is 0 Å². The van der Waals surface area contributed by atoms with Crippen molar-refractivity contribution in [1.29, 1.82) is 0 Å². The first-order chi connectivity index (χ1) is 10.4. The van der Waals surface area contributed by atoms with Crippen LogP contribution in [0.4, 0.5) is 5.69 Å². The fourth-order valence-corrected chi connectivity index (χ4v) is 2.83. The molecular formula is C14H18N2O6. The first kappa shape index (κ1) is 15.2. The van der Waals surface area contributed by atoms with Crippen LogP contribution in [0.2, 0.25) is 0 Å². The minimum Gasteiger partial charge on any atom is -0.479 e. The highest BCUT2D eigenvalue weighted by atomic mass is 16.7. The molecule has 22 heavy (non-hydrogen) atoms. The zero-order valence-corrected chi connectivity index (χ0v) is 12.1. The Morgan fingerprint density at radius 1 is 1.41 bits per heavy atom. The molecule has 3 rings (SSSR count). The summed E-state index contributed by atoms with van der Waals surface area (Å²) in [6, 6.07) is 3.32. The molecule has 2 aliphatic rings. The van der Waals surface area contributed by atoms with Crippen LogP contribution in [0.15, 0.2) is 18.2 Å². The number of hydrogen-bond donors (Lipinski definition) is 2. The van der Waals surface area contributed by atoms with Crippen LogP contribution in [0.25, 0.3) is 0 Å². The summed E-state index contributed by atoms with van der Waals surface area (Å²) >= 11 is 0. The van der Waals surface area contributed by atoms with E-state index in [4.69, 9.17) is 19.9 Å². The summed E-state index contributed by atoms with van der Waals surface area (Å²) in [7, 11) is 0. The maximum Gasteiger partial charge on any atom is 0.270 e. The number of nitro groups is 1. The summed E-state index contributed by atoms with van der Waals surface area (Å²) in [6.07, 6.45) is -1.09. The third-order valence-electron chi connectivity index (χ3n) is 4.12. The van der Waals surface area contributed by atoms with E-state index in [0.29, 0.717) is 24.5 Å². The molecule has 1 fully saturated rings. The number of ether oxygens (including phenoxy) is 3. The Morgan fingerprint density at radius 2 is 2.09 bits per heavy atom. The van der Waals surface area contributed by atoms with Crippen LogP contribution < -0.4 is 10.5 Å². The summed E-state index contributed by atoms with van der Waals surface area (Å²) in [6.45, 7) is 2.69. The van der Waals surface area contributed by atoms with Crippen molar-refractivity contribution >= 4 is 5.69 Å². The number of benzene rings is 1. The summed E-state index contributed by atoms with van der Waals surface area (Å²) in [5.74, 6) is 0.392. The predicted molar refractivity (Wildman–Crippen MR) is 75.4 cm³/mol. The first-order valence-electron chi connectivity index (χ1n) is 7.07. The first-order valence-corrected chi connectivity index (χ1v) is 7.07. The molecule has 0 bridgehead atoms. The summed E-state index contributed by atoms with van der Waals surface area (Å²) in [5, 5.41) is 21.4. The normalized spacial score (nSPS) is 32.1. The summed E-state index contributed by atoms with van der Waals surface area (Å²) < 4.78 is 17.0. The molecule has 0 saturated carbocycles. The van der Waals surface area contributed by atoms with E-state index in [1.807, 2.05) is 0 Å². The Bertz CT molecular complexity index is 589. The number of non-ortho nitro benzene ring substituents is 1. The third kappa shape index (κ3) is 2.34. The number of aliphatic hydroxyl groups excluding tert-OH is 1. The molecule has 3 N–H and O–H groups in total. The van der Waals surface area contributed by atoms with Crippen molar-refractivity contribution in [2.24, 2.45) is 5.73 Å². The average molecular weight is 310 g/mol. The van der Waals surface area contributed by atoms with Gasteiger partial charge in [-0.25, -0.2) is 0 Å². The molecule has 8 heteroatoms. The molecule has 3 atom stereocenters. The lowest BCUT2D eigenvalue weighted by Crippen LogP contribution is -2.62. The number of rotatable bonds is 2. The van der Waals surface area contributed by atoms with E-state index in [0.717, 1.165) is 6.42 Å². The summed E-state index contributed by atoms with van der Waals surface area (Å²) in [4.78, 5) is 10.4. The van der Waals surface area contributed by atoms with Crippen molar-refractivity contribution in [3.63, 3.8) is 0 Å². The monoisotopic (exact) mass is 310 g/mol. The molecule has 0 aliphatic carbocycles. The molecule has 1 aromatic rings. The molecule has 0 amide bonds. The molecule has 0 aromatic heterocycles. The van der Waals surface area contributed by atoms with Gasteiger partial charge in [-0.1, -0.05) is 0 Å². The maximum atomic E-state index is 10.9. The molecule has 0 spiro atoms. The van der Waals surface area contributed by atoms with E-state index in [2.05, 4.69) is 0 Å². The third-order valence-corrected chi connectivity index (χ3v) is 4.12. The van der Waals surface area contributed by atoms with Crippen LogP contribution in [0.1, 0.15) is 24.9 Å². The Kier molecular flexibility index (Phi) is 3.77. The van der Waals surface area contributed by atoms with Gasteiger partial charge in [-0.2, -0.15) is 0 Å². The number of hydrogen-bond acceptors (Lipinski definition) is 7. The van der Waals surface area contributed by atoms with Crippen molar-refractivity contribution in [2.75, 3.05) is 13.2 Å². The largest absolute Gasteiger partial charge is 0.479 e. The fourth-order valence-electron chi connectivity index (χ4n) is 2.83. The van der Waals surface area contributed by atoms with Gasteiger partial charge in [0.05, 0.1) is 24.2 Å². The molecule has 1 aromatic carbocycles. The minimum absolute atomic E-state index is 0.0984. The number of fused-ring (bicyclic) bond motifs is 1. The van der Waals surface area contributed by atoms with Crippen LogP contribution in [0, 0.1) is 10.1 Å². The smallest absolute Gasteiger partial charge is 0.270 e. The van der Waals surface area contributed by atoms with Gasteiger partial charge in [-0.15, -0.1) is 0 Å². The van der Waals surface area contributed by atoms with Crippen molar-refractivity contribution < 1.29 is 24.2 Å². The van der Waals surface area contributed by atoms with Gasteiger partial charge in [-0.3, -0.25) is 10.1 Å². The molecule has 0 unspecified atom stereocenters. The lowest BCUT2D eigenvalue weighted by molar-refractivity contribution is -0.385. The fraction of sp³-hybridized carbons (Fsp3) is 0.571. The lowest BCUT2D eigenvalue weighted by Gasteiger charge is -2.47. The van der Waals surface area contributed by atoms with E-state index in [1.165, 1.54) is 18.2 Å². The van der Waals surface area contributed by atoms with Crippen molar-refractivity contribution in [3.8, 4) is 5.75 Å². The molecular weight excluding hydrogens is 292 g/mol. The van der Waals surface area contributed by atoms with E-state index in [1.54, 1.807) is 6.92 Å². The standard InChI is InChI=1S/C14H18N2O6/c1-14(13-20-5-2-6-21-13)12(17)11(15)9-7-8(16(18)19)3-4-10(9)22-14/h3-4,7,11-13,17H,2,5-6,15H2,1H3/t11-,12+,14+/m1/s1. The van der Waals surface area contributed by atoms with E-state index < -0.39 is 29.0 Å². The van der Waals surface area contributed by atoms with Crippen LogP contribution in [0.5, 0.6) is 5.75 Å². The zero-order chi connectivity index (χ0) is 15.9. The Hall–Kier alpha value is -1.74. The van der Waals surface area contributed by atoms with Gasteiger partial charge in [-0.05, 0) is 19.4 Å². The predicted octanol–water partition coefficient (Wildman–Crippen LogP) is 0.870. The number of aliphatic hydroxyl groups is 1. The quantitative estimate of drug-likeness (QED) is 0.614. The molecule has 120 valence electrons. The topological polar surface area (TPSA) is 117 Å². The molecule has 1 saturated heterocycles. The second kappa shape index (κ2) is 5.47. The highest BCUT2D eigenvalue weighted by molar-refractivity contribution is 5.48. The van der Waals surface area contributed by atoms with Crippen molar-refractivity contribution in [2.45, 2.75) is 37.4 Å². The van der Waals surface area contributed by atoms with E-state index >= 15 is 0 Å². The van der Waals surface area contributed by atoms with Crippen LogP contribution >= 0.6 is 0 Å². The van der Waals surface area contributed by atoms with Gasteiger partial charge in [0.1, 0.15) is 11.9 Å². The second-order valence-corrected chi connectivity index (χ2v) is 5.66. The van der Waals surface area contributed by atoms with Gasteiger partial charge in [0, 0.05) is 17.7 Å². The minimum atomic E-state index is -1.18. The second-order valence-electron chi connectivity index (χ2n) is 5.66. The van der Waals surface area contributed by atoms with Gasteiger partial charge >= 0.3 is 0 Å². The molecule has 8 nitrogen and oxygen atoms in total.